The third-order valence-corrected chi connectivity index (χ3v) is 6.77. The van der Waals surface area contributed by atoms with E-state index < -0.39 is 12.2 Å². The lowest BCUT2D eigenvalue weighted by atomic mass is 9.97. The minimum Gasteiger partial charge on any atom is -0.307 e. The minimum absolute atomic E-state index is 0.0755. The van der Waals surface area contributed by atoms with Gasteiger partial charge in [-0.2, -0.15) is 0 Å². The van der Waals surface area contributed by atoms with Crippen LogP contribution in [0.3, 0.4) is 0 Å². The maximum absolute atomic E-state index is 12.6. The number of alkyl halides is 1. The van der Waals surface area contributed by atoms with Crippen LogP contribution in [0.2, 0.25) is 0 Å². The normalized spacial score (nSPS) is 23.6. The van der Waals surface area contributed by atoms with Crippen LogP contribution in [-0.4, -0.2) is 13.2 Å². The summed E-state index contributed by atoms with van der Waals surface area (Å²) in [5, 5.41) is 0. The summed E-state index contributed by atoms with van der Waals surface area (Å²) in [6.45, 7) is 7.00. The molecule has 2 rings (SSSR count). The van der Waals surface area contributed by atoms with Crippen LogP contribution in [0.15, 0.2) is 24.3 Å². The van der Waals surface area contributed by atoms with Gasteiger partial charge in [0.05, 0.1) is 13.2 Å². The highest BCUT2D eigenvalue weighted by molar-refractivity contribution is 9.10. The molecule has 0 saturated carbocycles. The van der Waals surface area contributed by atoms with Gasteiger partial charge in [-0.05, 0) is 12.5 Å². The van der Waals surface area contributed by atoms with E-state index in [0.717, 1.165) is 5.56 Å². The molecule has 3 nitrogen and oxygen atoms in total. The summed E-state index contributed by atoms with van der Waals surface area (Å²) >= 11 is 3.45. The van der Waals surface area contributed by atoms with E-state index in [2.05, 4.69) is 15.9 Å². The standard InChI is InChI=1S/C13H18BrO3P/c1-10-4-6-11(7-5-10)12(14)18(15)16-8-13(2,3)9-17-18/h4-7,12H,8-9H2,1-3H3. The largest absolute Gasteiger partial charge is 0.348 e. The Morgan fingerprint density at radius 2 is 1.72 bits per heavy atom. The van der Waals surface area contributed by atoms with Crippen molar-refractivity contribution in [3.8, 4) is 0 Å². The zero-order valence-electron chi connectivity index (χ0n) is 10.9. The van der Waals surface area contributed by atoms with Crippen molar-refractivity contribution in [2.75, 3.05) is 13.2 Å². The lowest BCUT2D eigenvalue weighted by Crippen LogP contribution is -2.30. The van der Waals surface area contributed by atoms with Crippen LogP contribution in [0.5, 0.6) is 0 Å². The second kappa shape index (κ2) is 5.09. The Kier molecular flexibility index (Phi) is 4.03. The monoisotopic (exact) mass is 332 g/mol. The lowest BCUT2D eigenvalue weighted by molar-refractivity contribution is 0.0407. The van der Waals surface area contributed by atoms with Gasteiger partial charge in [0, 0.05) is 5.41 Å². The molecule has 0 bridgehead atoms. The molecule has 1 unspecified atom stereocenters. The maximum atomic E-state index is 12.6. The Balaban J connectivity index is 2.16. The van der Waals surface area contributed by atoms with E-state index in [1.54, 1.807) is 0 Å². The van der Waals surface area contributed by atoms with Gasteiger partial charge in [-0.15, -0.1) is 0 Å². The molecule has 100 valence electrons. The first kappa shape index (κ1) is 14.3. The van der Waals surface area contributed by atoms with Crippen molar-refractivity contribution in [2.24, 2.45) is 5.41 Å². The average molecular weight is 333 g/mol. The molecule has 0 aromatic heterocycles. The lowest BCUT2D eigenvalue weighted by Gasteiger charge is -2.35. The summed E-state index contributed by atoms with van der Waals surface area (Å²) in [5.74, 6) is 0. The average Bonchev–Trinajstić information content (AvgIpc) is 2.34. The van der Waals surface area contributed by atoms with Crippen molar-refractivity contribution in [2.45, 2.75) is 25.3 Å². The Labute approximate surface area is 117 Å². The molecule has 0 amide bonds. The molecule has 0 radical (unpaired) electrons. The van der Waals surface area contributed by atoms with Gasteiger partial charge < -0.3 is 9.05 Å². The van der Waals surface area contributed by atoms with E-state index >= 15 is 0 Å². The zero-order chi connectivity index (χ0) is 13.4. The molecule has 1 atom stereocenters. The number of rotatable bonds is 2. The molecule has 5 heteroatoms. The van der Waals surface area contributed by atoms with Crippen LogP contribution in [0, 0.1) is 12.3 Å². The van der Waals surface area contributed by atoms with Crippen molar-refractivity contribution in [1.82, 2.24) is 0 Å². The summed E-state index contributed by atoms with van der Waals surface area (Å²) in [5.41, 5.74) is 2.01. The molecule has 1 saturated heterocycles. The van der Waals surface area contributed by atoms with Gasteiger partial charge in [-0.3, -0.25) is 4.57 Å². The number of halogens is 1. The van der Waals surface area contributed by atoms with Crippen molar-refractivity contribution < 1.29 is 13.6 Å². The van der Waals surface area contributed by atoms with E-state index in [9.17, 15) is 4.57 Å². The molecular weight excluding hydrogens is 315 g/mol. The van der Waals surface area contributed by atoms with Crippen molar-refractivity contribution in [1.29, 1.82) is 0 Å². The molecule has 0 spiro atoms. The Morgan fingerprint density at radius 3 is 2.22 bits per heavy atom. The second-order valence-electron chi connectivity index (χ2n) is 5.50. The molecule has 0 aliphatic carbocycles. The SMILES string of the molecule is Cc1ccc(C(Br)P2(=O)OCC(C)(C)CO2)cc1. The summed E-state index contributed by atoms with van der Waals surface area (Å²) < 4.78 is 23.2. The van der Waals surface area contributed by atoms with E-state index in [1.165, 1.54) is 5.56 Å². The highest BCUT2D eigenvalue weighted by Gasteiger charge is 2.42. The van der Waals surface area contributed by atoms with Crippen molar-refractivity contribution >= 4 is 23.5 Å². The van der Waals surface area contributed by atoms with E-state index in [0.29, 0.717) is 13.2 Å². The van der Waals surface area contributed by atoms with Gasteiger partial charge in [0.15, 0.2) is 0 Å². The van der Waals surface area contributed by atoms with Gasteiger partial charge in [-0.1, -0.05) is 59.6 Å². The number of benzene rings is 1. The topological polar surface area (TPSA) is 35.5 Å². The molecule has 1 aromatic carbocycles. The minimum atomic E-state index is -3.10. The highest BCUT2D eigenvalue weighted by atomic mass is 79.9. The Hall–Kier alpha value is -0.150. The van der Waals surface area contributed by atoms with Gasteiger partial charge in [-0.25, -0.2) is 0 Å². The zero-order valence-corrected chi connectivity index (χ0v) is 13.3. The first-order valence-corrected chi connectivity index (χ1v) is 8.45. The fourth-order valence-corrected chi connectivity index (χ4v) is 4.59. The van der Waals surface area contributed by atoms with Crippen LogP contribution in [-0.2, 0) is 13.6 Å². The van der Waals surface area contributed by atoms with E-state index in [1.807, 2.05) is 45.0 Å². The molecule has 1 aliphatic rings. The summed E-state index contributed by atoms with van der Waals surface area (Å²) in [6, 6.07) is 7.87. The molecule has 18 heavy (non-hydrogen) atoms. The Morgan fingerprint density at radius 1 is 1.22 bits per heavy atom. The molecule has 1 aromatic rings. The highest BCUT2D eigenvalue weighted by Crippen LogP contribution is 2.66. The first-order chi connectivity index (χ1) is 8.32. The fraction of sp³-hybridized carbons (Fsp3) is 0.538. The van der Waals surface area contributed by atoms with Crippen LogP contribution < -0.4 is 0 Å². The fourth-order valence-electron chi connectivity index (χ4n) is 1.65. The van der Waals surface area contributed by atoms with Gasteiger partial charge in [0.25, 0.3) is 0 Å². The van der Waals surface area contributed by atoms with Gasteiger partial charge in [0.1, 0.15) is 4.57 Å². The molecule has 1 heterocycles. The predicted molar refractivity (Wildman–Crippen MR) is 76.1 cm³/mol. The smallest absolute Gasteiger partial charge is 0.307 e. The Bertz CT molecular complexity index is 456. The van der Waals surface area contributed by atoms with Crippen molar-refractivity contribution in [3.05, 3.63) is 35.4 Å². The quantitative estimate of drug-likeness (QED) is 0.584. The second-order valence-corrected chi connectivity index (χ2v) is 9.23. The third-order valence-electron chi connectivity index (χ3n) is 2.90. The molecule has 0 N–H and O–H groups in total. The molecule has 1 fully saturated rings. The predicted octanol–water partition coefficient (Wildman–Crippen LogP) is 4.65. The van der Waals surface area contributed by atoms with Crippen LogP contribution in [0.25, 0.3) is 0 Å². The third kappa shape index (κ3) is 3.05. The summed E-state index contributed by atoms with van der Waals surface area (Å²) in [4.78, 5) is 0. The van der Waals surface area contributed by atoms with Crippen LogP contribution in [0.4, 0.5) is 0 Å². The van der Waals surface area contributed by atoms with Gasteiger partial charge in [0.2, 0.25) is 0 Å². The summed E-state index contributed by atoms with van der Waals surface area (Å²) in [7, 11) is -3.10. The van der Waals surface area contributed by atoms with Crippen LogP contribution >= 0.6 is 23.5 Å². The maximum Gasteiger partial charge on any atom is 0.348 e. The summed E-state index contributed by atoms with van der Waals surface area (Å²) in [6.07, 6.45) is 0. The first-order valence-electron chi connectivity index (χ1n) is 5.92. The van der Waals surface area contributed by atoms with Crippen LogP contribution in [0.1, 0.15) is 29.5 Å². The number of hydrogen-bond acceptors (Lipinski definition) is 3. The molecule has 1 aliphatic heterocycles. The number of aryl methyl sites for hydroxylation is 1. The van der Waals surface area contributed by atoms with E-state index in [-0.39, 0.29) is 5.41 Å². The number of hydrogen-bond donors (Lipinski definition) is 0. The van der Waals surface area contributed by atoms with Gasteiger partial charge >= 0.3 is 7.60 Å². The molecular formula is C13H18BrO3P. The van der Waals surface area contributed by atoms with E-state index in [4.69, 9.17) is 9.05 Å². The van der Waals surface area contributed by atoms with Crippen molar-refractivity contribution in [3.63, 3.8) is 0 Å².